The Balaban J connectivity index is 1.50. The number of amides is 1. The van der Waals surface area contributed by atoms with Crippen molar-refractivity contribution in [2.45, 2.75) is 25.1 Å². The summed E-state index contributed by atoms with van der Waals surface area (Å²) in [6, 6.07) is 10.2. The van der Waals surface area contributed by atoms with Crippen LogP contribution >= 0.6 is 0 Å². The van der Waals surface area contributed by atoms with Gasteiger partial charge >= 0.3 is 11.9 Å². The smallest absolute Gasteiger partial charge is 0.352 e. The summed E-state index contributed by atoms with van der Waals surface area (Å²) < 4.78 is 40.2. The van der Waals surface area contributed by atoms with Crippen molar-refractivity contribution in [2.24, 2.45) is 13.0 Å². The molecule has 6 nitrogen and oxygen atoms in total. The molecule has 2 N–H and O–H groups in total. The Morgan fingerprint density at radius 3 is 2.56 bits per heavy atom. The third-order valence-corrected chi connectivity index (χ3v) is 6.28. The number of alkyl halides is 3. The van der Waals surface area contributed by atoms with E-state index in [1.54, 1.807) is 25.2 Å². The number of hydrogen-bond acceptors (Lipinski definition) is 3. The summed E-state index contributed by atoms with van der Waals surface area (Å²) in [5.41, 5.74) is 1.64. The van der Waals surface area contributed by atoms with Gasteiger partial charge in [-0.1, -0.05) is 12.1 Å². The average molecular weight is 446 g/mol. The molecule has 2 unspecified atom stereocenters. The second kappa shape index (κ2) is 8.46. The third-order valence-electron chi connectivity index (χ3n) is 6.28. The molecule has 32 heavy (non-hydrogen) atoms. The number of piperidine rings is 1. The summed E-state index contributed by atoms with van der Waals surface area (Å²) in [4.78, 5) is 29.4. The van der Waals surface area contributed by atoms with Crippen LogP contribution in [0.2, 0.25) is 0 Å². The van der Waals surface area contributed by atoms with E-state index in [1.165, 1.54) is 16.7 Å². The number of halogens is 3. The van der Waals surface area contributed by atoms with Crippen LogP contribution in [0.1, 0.15) is 40.4 Å². The monoisotopic (exact) mass is 446 g/mol. The third kappa shape index (κ3) is 4.29. The molecule has 0 radical (unpaired) electrons. The minimum atomic E-state index is -4.37. The Morgan fingerprint density at radius 2 is 1.88 bits per heavy atom. The Morgan fingerprint density at radius 1 is 1.16 bits per heavy atom. The van der Waals surface area contributed by atoms with E-state index in [1.807, 2.05) is 7.05 Å². The van der Waals surface area contributed by atoms with Crippen molar-refractivity contribution in [3.63, 3.8) is 0 Å². The molecule has 0 bridgehead atoms. The van der Waals surface area contributed by atoms with Crippen LogP contribution in [0.25, 0.3) is 11.0 Å². The molecule has 170 valence electrons. The molecule has 0 aliphatic carbocycles. The first-order chi connectivity index (χ1) is 15.1. The van der Waals surface area contributed by atoms with Crippen LogP contribution in [-0.2, 0) is 13.2 Å². The van der Waals surface area contributed by atoms with Gasteiger partial charge in [0.15, 0.2) is 0 Å². The lowest BCUT2D eigenvalue weighted by Crippen LogP contribution is -2.41. The normalized spacial score (nSPS) is 19.9. The number of carbonyl (C=O) groups excluding carboxylic acids is 1. The zero-order chi connectivity index (χ0) is 23.0. The molecule has 1 aromatic heterocycles. The Labute approximate surface area is 183 Å². The highest BCUT2D eigenvalue weighted by Crippen LogP contribution is 2.36. The number of H-pyrrole nitrogens is 1. The molecule has 1 aliphatic rings. The molecular weight excluding hydrogens is 421 g/mol. The standard InChI is InChI=1S/C23H25F3N4O2/c1-29-11-3-4-16(20(29)14-5-8-17(9-6-14)23(24,25)26)13-27-21(31)15-7-10-18-19(12-15)30(2)22(32)28-18/h5-10,12,16,20H,3-4,11,13H2,1-2H3,(H,27,31)(H,28,32). The summed E-state index contributed by atoms with van der Waals surface area (Å²) in [7, 11) is 3.59. The summed E-state index contributed by atoms with van der Waals surface area (Å²) in [5.74, 6) is -0.185. The molecule has 1 amide bonds. The van der Waals surface area contributed by atoms with Gasteiger partial charge in [0.1, 0.15) is 0 Å². The molecule has 3 aromatic rings. The van der Waals surface area contributed by atoms with Gasteiger partial charge in [-0.05, 0) is 68.2 Å². The van der Waals surface area contributed by atoms with Crippen molar-refractivity contribution < 1.29 is 18.0 Å². The van der Waals surface area contributed by atoms with Crippen molar-refractivity contribution in [2.75, 3.05) is 20.1 Å². The number of likely N-dealkylation sites (tertiary alicyclic amines) is 1. The highest BCUT2D eigenvalue weighted by Gasteiger charge is 2.33. The maximum absolute atomic E-state index is 12.9. The van der Waals surface area contributed by atoms with Crippen LogP contribution in [-0.4, -0.2) is 40.5 Å². The number of benzene rings is 2. The summed E-state index contributed by atoms with van der Waals surface area (Å²) in [6.07, 6.45) is -2.55. The quantitative estimate of drug-likeness (QED) is 0.642. The van der Waals surface area contributed by atoms with E-state index in [0.717, 1.165) is 37.1 Å². The van der Waals surface area contributed by atoms with Crippen LogP contribution in [0.3, 0.4) is 0 Å². The van der Waals surface area contributed by atoms with Gasteiger partial charge in [0, 0.05) is 25.2 Å². The molecule has 1 saturated heterocycles. The molecular formula is C23H25F3N4O2. The number of nitrogens with zero attached hydrogens (tertiary/aromatic N) is 2. The topological polar surface area (TPSA) is 70.1 Å². The van der Waals surface area contributed by atoms with Crippen LogP contribution in [0.15, 0.2) is 47.3 Å². The van der Waals surface area contributed by atoms with E-state index in [-0.39, 0.29) is 23.6 Å². The van der Waals surface area contributed by atoms with Crippen molar-refractivity contribution >= 4 is 16.9 Å². The van der Waals surface area contributed by atoms with Gasteiger partial charge in [-0.3, -0.25) is 14.3 Å². The number of carbonyl (C=O) groups is 1. The number of aromatic nitrogens is 2. The van der Waals surface area contributed by atoms with Crippen LogP contribution < -0.4 is 11.0 Å². The maximum Gasteiger partial charge on any atom is 0.416 e. The SMILES string of the molecule is CN1CCCC(CNC(=O)c2ccc3[nH]c(=O)n(C)c3c2)C1c1ccc(C(F)(F)F)cc1. The molecule has 1 fully saturated rings. The van der Waals surface area contributed by atoms with E-state index in [0.29, 0.717) is 23.1 Å². The second-order valence-corrected chi connectivity index (χ2v) is 8.38. The largest absolute Gasteiger partial charge is 0.416 e. The first kappa shape index (κ1) is 22.1. The predicted octanol–water partition coefficient (Wildman–Crippen LogP) is 3.70. The van der Waals surface area contributed by atoms with Gasteiger partial charge in [-0.2, -0.15) is 13.2 Å². The minimum Gasteiger partial charge on any atom is -0.352 e. The second-order valence-electron chi connectivity index (χ2n) is 8.38. The Kier molecular flexibility index (Phi) is 5.85. The number of aryl methyl sites for hydroxylation is 1. The number of rotatable bonds is 4. The lowest BCUT2D eigenvalue weighted by Gasteiger charge is -2.39. The van der Waals surface area contributed by atoms with Crippen molar-refractivity contribution in [3.05, 3.63) is 69.6 Å². The zero-order valence-corrected chi connectivity index (χ0v) is 17.9. The maximum atomic E-state index is 12.9. The fraction of sp³-hybridized carbons (Fsp3) is 0.391. The molecule has 0 spiro atoms. The zero-order valence-electron chi connectivity index (χ0n) is 17.9. The highest BCUT2D eigenvalue weighted by molar-refractivity contribution is 5.97. The number of hydrogen-bond donors (Lipinski definition) is 2. The van der Waals surface area contributed by atoms with Gasteiger partial charge < -0.3 is 10.3 Å². The summed E-state index contributed by atoms with van der Waals surface area (Å²) >= 11 is 0. The van der Waals surface area contributed by atoms with Crippen LogP contribution in [0.4, 0.5) is 13.2 Å². The molecule has 2 heterocycles. The summed E-state index contributed by atoms with van der Waals surface area (Å²) in [6.45, 7) is 1.24. The van der Waals surface area contributed by atoms with E-state index >= 15 is 0 Å². The average Bonchev–Trinajstić information content (AvgIpc) is 3.04. The number of imidazole rings is 1. The van der Waals surface area contributed by atoms with Crippen molar-refractivity contribution in [3.8, 4) is 0 Å². The molecule has 1 aliphatic heterocycles. The van der Waals surface area contributed by atoms with Crippen LogP contribution in [0.5, 0.6) is 0 Å². The van der Waals surface area contributed by atoms with Gasteiger partial charge in [0.05, 0.1) is 16.6 Å². The van der Waals surface area contributed by atoms with E-state index in [4.69, 9.17) is 0 Å². The van der Waals surface area contributed by atoms with Gasteiger partial charge in [-0.15, -0.1) is 0 Å². The van der Waals surface area contributed by atoms with Gasteiger partial charge in [0.25, 0.3) is 5.91 Å². The van der Waals surface area contributed by atoms with Gasteiger partial charge in [0.2, 0.25) is 0 Å². The number of aromatic amines is 1. The Hall–Kier alpha value is -3.07. The highest BCUT2D eigenvalue weighted by atomic mass is 19.4. The lowest BCUT2D eigenvalue weighted by molar-refractivity contribution is -0.137. The predicted molar refractivity (Wildman–Crippen MR) is 115 cm³/mol. The van der Waals surface area contributed by atoms with Crippen LogP contribution in [0, 0.1) is 5.92 Å². The number of nitrogens with one attached hydrogen (secondary N) is 2. The Bertz CT molecular complexity index is 1180. The fourth-order valence-electron chi connectivity index (χ4n) is 4.56. The molecule has 0 saturated carbocycles. The molecule has 9 heteroatoms. The van der Waals surface area contributed by atoms with E-state index in [9.17, 15) is 22.8 Å². The number of fused-ring (bicyclic) bond motifs is 1. The van der Waals surface area contributed by atoms with E-state index < -0.39 is 11.7 Å². The molecule has 4 rings (SSSR count). The molecule has 2 atom stereocenters. The van der Waals surface area contributed by atoms with Crippen molar-refractivity contribution in [1.29, 1.82) is 0 Å². The van der Waals surface area contributed by atoms with E-state index in [2.05, 4.69) is 15.2 Å². The van der Waals surface area contributed by atoms with Gasteiger partial charge in [-0.25, -0.2) is 4.79 Å². The fourth-order valence-corrected chi connectivity index (χ4v) is 4.56. The minimum absolute atomic E-state index is 0.0646. The molecule has 2 aromatic carbocycles. The first-order valence-corrected chi connectivity index (χ1v) is 10.5. The first-order valence-electron chi connectivity index (χ1n) is 10.5. The summed E-state index contributed by atoms with van der Waals surface area (Å²) in [5, 5.41) is 2.97. The lowest BCUT2D eigenvalue weighted by atomic mass is 9.84. The van der Waals surface area contributed by atoms with Crippen molar-refractivity contribution in [1.82, 2.24) is 19.8 Å².